The molecule has 0 radical (unpaired) electrons. The second-order valence-corrected chi connectivity index (χ2v) is 21.0. The van der Waals surface area contributed by atoms with Gasteiger partial charge in [0.25, 0.3) is 0 Å². The molecule has 306 valence electrons. The van der Waals surface area contributed by atoms with E-state index in [1.165, 1.54) is 65.1 Å². The van der Waals surface area contributed by atoms with Gasteiger partial charge in [-0.3, -0.25) is 0 Å². The molecule has 0 bridgehead atoms. The molecule has 0 heterocycles. The third kappa shape index (κ3) is 6.39. The number of fused-ring (bicyclic) bond motifs is 4. The molecule has 0 aliphatic heterocycles. The second kappa shape index (κ2) is 16.2. The summed E-state index contributed by atoms with van der Waals surface area (Å²) in [5.41, 5.74) is 12.0. The van der Waals surface area contributed by atoms with Gasteiger partial charge in [-0.05, 0) is 103 Å². The highest BCUT2D eigenvalue weighted by Gasteiger charge is 2.45. The van der Waals surface area contributed by atoms with Gasteiger partial charge in [0.2, 0.25) is 0 Å². The van der Waals surface area contributed by atoms with Crippen LogP contribution in [0.4, 0.5) is 34.1 Å². The van der Waals surface area contributed by atoms with Gasteiger partial charge >= 0.3 is 0 Å². The van der Waals surface area contributed by atoms with E-state index in [2.05, 4.69) is 278 Å². The van der Waals surface area contributed by atoms with Gasteiger partial charge in [-0.25, -0.2) is 0 Å². The summed E-state index contributed by atoms with van der Waals surface area (Å²) in [5.74, 6) is 0. The van der Waals surface area contributed by atoms with Gasteiger partial charge < -0.3 is 9.80 Å². The highest BCUT2D eigenvalue weighted by molar-refractivity contribution is 7.20. The van der Waals surface area contributed by atoms with Crippen LogP contribution >= 0.6 is 0 Å². The number of benzene rings is 10. The summed E-state index contributed by atoms with van der Waals surface area (Å²) in [6.07, 6.45) is 0. The minimum Gasteiger partial charge on any atom is -0.310 e. The maximum atomic E-state index is 2.56. The van der Waals surface area contributed by atoms with Crippen molar-refractivity contribution in [1.82, 2.24) is 0 Å². The second-order valence-electron chi connectivity index (χ2n) is 17.3. The average molecular weight is 837 g/mol. The molecule has 1 aliphatic carbocycles. The molecule has 0 amide bonds. The van der Waals surface area contributed by atoms with Crippen molar-refractivity contribution in [3.05, 3.63) is 266 Å². The number of anilines is 6. The maximum absolute atomic E-state index is 3.20. The molecule has 0 saturated carbocycles. The minimum atomic E-state index is -3.20. The lowest BCUT2D eigenvalue weighted by Crippen LogP contribution is -2.75. The number of hydrogen-bond donors (Lipinski definition) is 0. The molecule has 2 nitrogen and oxygen atoms in total. The Balaban J connectivity index is 1.22. The summed E-state index contributed by atoms with van der Waals surface area (Å²) in [6, 6.07) is 94.4. The van der Waals surface area contributed by atoms with E-state index >= 15 is 0 Å². The lowest BCUT2D eigenvalue weighted by atomic mass is 9.81. The average Bonchev–Trinajstić information content (AvgIpc) is 3.60. The van der Waals surface area contributed by atoms with Crippen LogP contribution in [0.15, 0.2) is 255 Å². The first-order chi connectivity index (χ1) is 31.5. The monoisotopic (exact) mass is 836 g/mol. The van der Waals surface area contributed by atoms with Crippen LogP contribution in [0.1, 0.15) is 25.0 Å². The van der Waals surface area contributed by atoms with E-state index in [0.29, 0.717) is 0 Å². The van der Waals surface area contributed by atoms with Crippen LogP contribution in [0.2, 0.25) is 0 Å². The third-order valence-electron chi connectivity index (χ3n) is 13.3. The first kappa shape index (κ1) is 39.1. The number of rotatable bonds is 10. The fourth-order valence-electron chi connectivity index (χ4n) is 10.6. The van der Waals surface area contributed by atoms with Crippen LogP contribution < -0.4 is 30.5 Å². The molecule has 0 N–H and O–H groups in total. The Morgan fingerprint density at radius 1 is 0.344 bits per heavy atom. The van der Waals surface area contributed by atoms with Gasteiger partial charge in [0.05, 0.1) is 11.4 Å². The quantitative estimate of drug-likeness (QED) is 0.100. The normalized spacial score (nSPS) is 12.7. The summed E-state index contributed by atoms with van der Waals surface area (Å²) < 4.78 is 0. The van der Waals surface area contributed by atoms with E-state index in [1.807, 2.05) is 0 Å². The highest BCUT2D eigenvalue weighted by Crippen LogP contribution is 2.54. The minimum absolute atomic E-state index is 0.227. The van der Waals surface area contributed by atoms with Crippen LogP contribution in [0.5, 0.6) is 0 Å². The van der Waals surface area contributed by atoms with Crippen molar-refractivity contribution < 1.29 is 0 Å². The van der Waals surface area contributed by atoms with Crippen LogP contribution in [0.3, 0.4) is 0 Å². The van der Waals surface area contributed by atoms with Gasteiger partial charge in [-0.1, -0.05) is 214 Å². The summed E-state index contributed by atoms with van der Waals surface area (Å²) in [6.45, 7) is 4.78. The summed E-state index contributed by atoms with van der Waals surface area (Å²) in [4.78, 5) is 5.00. The molecule has 10 aromatic rings. The van der Waals surface area contributed by atoms with Crippen LogP contribution in [0, 0.1) is 0 Å². The first-order valence-corrected chi connectivity index (χ1v) is 24.3. The fourth-order valence-corrected chi connectivity index (χ4v) is 15.6. The first-order valence-electron chi connectivity index (χ1n) is 22.3. The molecule has 1 aliphatic rings. The smallest absolute Gasteiger partial charge is 0.181 e. The summed E-state index contributed by atoms with van der Waals surface area (Å²) >= 11 is 0. The highest BCUT2D eigenvalue weighted by atomic mass is 28.3. The molecular weight excluding hydrogens is 789 g/mol. The molecule has 0 atom stereocenters. The molecule has 0 unspecified atom stereocenters. The van der Waals surface area contributed by atoms with Gasteiger partial charge in [-0.15, -0.1) is 0 Å². The Morgan fingerprint density at radius 3 is 1.53 bits per heavy atom. The van der Waals surface area contributed by atoms with Crippen molar-refractivity contribution in [2.24, 2.45) is 0 Å². The zero-order valence-corrected chi connectivity index (χ0v) is 37.1. The molecule has 0 spiro atoms. The number of nitrogens with zero attached hydrogens (tertiary/aromatic N) is 2. The zero-order valence-electron chi connectivity index (χ0n) is 36.1. The maximum Gasteiger partial charge on any atom is 0.181 e. The lowest BCUT2D eigenvalue weighted by molar-refractivity contribution is 0.661. The lowest BCUT2D eigenvalue weighted by Gasteiger charge is -2.40. The predicted molar refractivity (Wildman–Crippen MR) is 274 cm³/mol. The molecule has 0 saturated heterocycles. The summed E-state index contributed by atoms with van der Waals surface area (Å²) in [7, 11) is -3.20. The van der Waals surface area contributed by atoms with Gasteiger partial charge in [-0.2, -0.15) is 0 Å². The van der Waals surface area contributed by atoms with Gasteiger partial charge in [0, 0.05) is 33.6 Å². The Bertz CT molecular complexity index is 3210. The molecular formula is C61H48N2Si. The zero-order chi connectivity index (χ0) is 43.1. The fraction of sp³-hybridized carbons (Fsp3) is 0.0492. The predicted octanol–water partition coefficient (Wildman–Crippen LogP) is 13.5. The van der Waals surface area contributed by atoms with Gasteiger partial charge in [0.1, 0.15) is 0 Å². The SMILES string of the molecule is CC1(C)c2ccccc2-c2cccc(N(c3ccccc3)c3ccccc3[Si](c3ccccc3)(c3ccccc3)c3cccc(N(c4ccccc4)c4cccc5ccccc45)c3)c21. The Labute approximate surface area is 378 Å². The molecule has 3 heteroatoms. The van der Waals surface area contributed by atoms with Gasteiger partial charge in [0.15, 0.2) is 8.07 Å². The van der Waals surface area contributed by atoms with E-state index in [0.717, 1.165) is 22.7 Å². The third-order valence-corrected chi connectivity index (χ3v) is 18.1. The van der Waals surface area contributed by atoms with Crippen molar-refractivity contribution in [3.63, 3.8) is 0 Å². The molecule has 0 aromatic heterocycles. The van der Waals surface area contributed by atoms with E-state index in [1.54, 1.807) is 0 Å². The van der Waals surface area contributed by atoms with Crippen molar-refractivity contribution in [1.29, 1.82) is 0 Å². The van der Waals surface area contributed by atoms with Crippen LogP contribution in [-0.4, -0.2) is 8.07 Å². The standard InChI is InChI=1S/C61H48N2Si/c1-61(2)55-39-18-17-37-53(55)54-38-23-42-58(60(54)61)63(47-28-9-4-10-29-47)57-40-19-20-43-59(57)64(49-31-11-5-12-32-49,50-33-13-6-14-34-50)51-35-22-30-48(44-51)62(46-26-7-3-8-27-46)56-41-21-25-45-24-15-16-36-52(45)56/h3-44H,1-2H3. The Kier molecular flexibility index (Phi) is 9.91. The van der Waals surface area contributed by atoms with E-state index < -0.39 is 8.07 Å². The Morgan fingerprint density at radius 2 is 0.812 bits per heavy atom. The van der Waals surface area contributed by atoms with Crippen molar-refractivity contribution in [3.8, 4) is 11.1 Å². The van der Waals surface area contributed by atoms with Crippen molar-refractivity contribution in [2.75, 3.05) is 9.80 Å². The van der Waals surface area contributed by atoms with Crippen molar-refractivity contribution >= 4 is 73.7 Å². The van der Waals surface area contributed by atoms with Crippen LogP contribution in [0.25, 0.3) is 21.9 Å². The van der Waals surface area contributed by atoms with E-state index in [4.69, 9.17) is 0 Å². The van der Waals surface area contributed by atoms with Crippen LogP contribution in [-0.2, 0) is 5.41 Å². The Hall–Kier alpha value is -7.72. The topological polar surface area (TPSA) is 6.48 Å². The molecule has 0 fully saturated rings. The summed E-state index contributed by atoms with van der Waals surface area (Å²) in [5, 5.41) is 7.68. The molecule has 64 heavy (non-hydrogen) atoms. The van der Waals surface area contributed by atoms with E-state index in [-0.39, 0.29) is 5.41 Å². The largest absolute Gasteiger partial charge is 0.310 e. The molecule has 11 rings (SSSR count). The van der Waals surface area contributed by atoms with E-state index in [9.17, 15) is 0 Å². The number of hydrogen-bond acceptors (Lipinski definition) is 2. The van der Waals surface area contributed by atoms with Crippen molar-refractivity contribution in [2.45, 2.75) is 19.3 Å². The molecule has 10 aromatic carbocycles. The number of para-hydroxylation sites is 3.